The summed E-state index contributed by atoms with van der Waals surface area (Å²) in [5.41, 5.74) is 5.90. The van der Waals surface area contributed by atoms with Crippen molar-refractivity contribution in [1.82, 2.24) is 5.32 Å². The summed E-state index contributed by atoms with van der Waals surface area (Å²) >= 11 is 0. The fourth-order valence-corrected chi connectivity index (χ4v) is 3.12. The van der Waals surface area contributed by atoms with E-state index in [-0.39, 0.29) is 23.0 Å². The van der Waals surface area contributed by atoms with Crippen LogP contribution in [0.5, 0.6) is 23.0 Å². The summed E-state index contributed by atoms with van der Waals surface area (Å²) in [4.78, 5) is 46.8. The molecule has 178 valence electrons. The molecule has 0 fully saturated rings. The third-order valence-electron chi connectivity index (χ3n) is 4.78. The molecule has 3 rings (SSSR count). The number of primary amides is 1. The number of carbonyl (C=O) groups is 4. The van der Waals surface area contributed by atoms with E-state index in [0.29, 0.717) is 22.6 Å². The number of Topliss-reactive ketones (excluding diaryl/α,β-unsaturated/α-hetero) is 1. The van der Waals surface area contributed by atoms with E-state index in [2.05, 4.69) is 5.32 Å². The lowest BCUT2D eigenvalue weighted by molar-refractivity contribution is -0.143. The molecule has 0 saturated heterocycles. The van der Waals surface area contributed by atoms with E-state index in [1.807, 2.05) is 0 Å². The first-order valence-corrected chi connectivity index (χ1v) is 9.95. The molecule has 0 saturated carbocycles. The van der Waals surface area contributed by atoms with E-state index in [0.717, 1.165) is 0 Å². The number of methoxy groups -OCH3 is 2. The van der Waals surface area contributed by atoms with Crippen molar-refractivity contribution in [1.29, 1.82) is 0 Å². The number of allylic oxidation sites excluding steroid dienone is 1. The summed E-state index contributed by atoms with van der Waals surface area (Å²) in [6, 6.07) is 8.06. The molecule has 1 aliphatic rings. The Balaban J connectivity index is 1.69. The number of carboxylic acids is 1. The largest absolute Gasteiger partial charge is 0.497 e. The van der Waals surface area contributed by atoms with Crippen molar-refractivity contribution in [2.45, 2.75) is 12.5 Å². The first-order chi connectivity index (χ1) is 16.2. The molecule has 34 heavy (non-hydrogen) atoms. The number of nitrogens with two attached hydrogens (primary N) is 1. The van der Waals surface area contributed by atoms with Gasteiger partial charge in [0, 0.05) is 17.7 Å². The van der Waals surface area contributed by atoms with Crippen molar-refractivity contribution < 1.29 is 43.2 Å². The summed E-state index contributed by atoms with van der Waals surface area (Å²) in [5, 5.41) is 11.2. The molecule has 0 aromatic heterocycles. The molecule has 1 aliphatic heterocycles. The Morgan fingerprint density at radius 3 is 2.50 bits per heavy atom. The Morgan fingerprint density at radius 1 is 1.12 bits per heavy atom. The zero-order chi connectivity index (χ0) is 24.8. The fraction of sp³-hybridized carbons (Fsp3) is 0.217. The minimum absolute atomic E-state index is 0.0733. The highest BCUT2D eigenvalue weighted by molar-refractivity contribution is 6.14. The molecule has 2 aromatic rings. The maximum Gasteiger partial charge on any atom is 0.326 e. The lowest BCUT2D eigenvalue weighted by atomic mass is 10.1. The third-order valence-corrected chi connectivity index (χ3v) is 4.78. The lowest BCUT2D eigenvalue weighted by Crippen LogP contribution is -2.45. The van der Waals surface area contributed by atoms with Gasteiger partial charge in [-0.2, -0.15) is 0 Å². The van der Waals surface area contributed by atoms with Crippen molar-refractivity contribution in [3.8, 4) is 23.0 Å². The second-order valence-corrected chi connectivity index (χ2v) is 7.12. The highest BCUT2D eigenvalue weighted by Gasteiger charge is 2.28. The second-order valence-electron chi connectivity index (χ2n) is 7.12. The van der Waals surface area contributed by atoms with Gasteiger partial charge in [-0.25, -0.2) is 4.79 Å². The van der Waals surface area contributed by atoms with Gasteiger partial charge >= 0.3 is 5.97 Å². The standard InChI is InChI=1S/C23H22N2O9/c1-31-13-4-3-12(17(8-13)32-2)7-19-22(28)15-6-5-14(9-18(15)34-19)33-11-21(27)25-16(23(29)30)10-20(24)26/h3-9,16H,10-11H2,1-2H3,(H2,24,26)(H,25,27)(H,29,30)/b19-7-/t16-/m0/s1. The monoisotopic (exact) mass is 470 g/mol. The molecular weight excluding hydrogens is 448 g/mol. The molecule has 0 aliphatic carbocycles. The van der Waals surface area contributed by atoms with Gasteiger partial charge in [-0.15, -0.1) is 0 Å². The van der Waals surface area contributed by atoms with Gasteiger partial charge in [-0.3, -0.25) is 14.4 Å². The number of ether oxygens (including phenoxy) is 4. The predicted octanol–water partition coefficient (Wildman–Crippen LogP) is 1.14. The van der Waals surface area contributed by atoms with E-state index in [4.69, 9.17) is 29.8 Å². The Labute approximate surface area is 194 Å². The van der Waals surface area contributed by atoms with Crippen LogP contribution in [0.4, 0.5) is 0 Å². The van der Waals surface area contributed by atoms with E-state index in [9.17, 15) is 19.2 Å². The van der Waals surface area contributed by atoms with Gasteiger partial charge in [0.2, 0.25) is 11.7 Å². The van der Waals surface area contributed by atoms with Crippen LogP contribution in [0.2, 0.25) is 0 Å². The topological polar surface area (TPSA) is 163 Å². The SMILES string of the molecule is COc1ccc(/C=C2\Oc3cc(OCC(=O)N[C@@H](CC(N)=O)C(=O)O)ccc3C2=O)c(OC)c1. The van der Waals surface area contributed by atoms with Crippen LogP contribution in [-0.4, -0.2) is 55.5 Å². The van der Waals surface area contributed by atoms with Crippen molar-refractivity contribution in [3.05, 3.63) is 53.3 Å². The van der Waals surface area contributed by atoms with Crippen LogP contribution >= 0.6 is 0 Å². The highest BCUT2D eigenvalue weighted by atomic mass is 16.5. The summed E-state index contributed by atoms with van der Waals surface area (Å²) in [6.07, 6.45) is 0.989. The third kappa shape index (κ3) is 5.63. The number of hydrogen-bond donors (Lipinski definition) is 3. The van der Waals surface area contributed by atoms with Crippen molar-refractivity contribution in [3.63, 3.8) is 0 Å². The number of carbonyl (C=O) groups excluding carboxylic acids is 3. The average Bonchev–Trinajstić information content (AvgIpc) is 3.11. The number of aliphatic carboxylic acids is 1. The number of rotatable bonds is 10. The highest BCUT2D eigenvalue weighted by Crippen LogP contribution is 2.36. The van der Waals surface area contributed by atoms with E-state index >= 15 is 0 Å². The number of ketones is 1. The first-order valence-electron chi connectivity index (χ1n) is 9.95. The van der Waals surface area contributed by atoms with Crippen LogP contribution in [0.1, 0.15) is 22.3 Å². The normalized spacial score (nSPS) is 14.1. The summed E-state index contributed by atoms with van der Waals surface area (Å²) in [6.45, 7) is -0.527. The first kappa shape index (κ1) is 24.1. The molecule has 0 spiro atoms. The van der Waals surface area contributed by atoms with Gasteiger partial charge < -0.3 is 35.1 Å². The molecule has 11 heteroatoms. The molecule has 1 heterocycles. The minimum atomic E-state index is -1.46. The van der Waals surface area contributed by atoms with Crippen LogP contribution in [0, 0.1) is 0 Å². The van der Waals surface area contributed by atoms with Gasteiger partial charge in [0.15, 0.2) is 12.4 Å². The predicted molar refractivity (Wildman–Crippen MR) is 118 cm³/mol. The zero-order valence-corrected chi connectivity index (χ0v) is 18.3. The number of hydrogen-bond acceptors (Lipinski definition) is 8. The zero-order valence-electron chi connectivity index (χ0n) is 18.3. The van der Waals surface area contributed by atoms with Crippen molar-refractivity contribution >= 4 is 29.6 Å². The van der Waals surface area contributed by atoms with Crippen molar-refractivity contribution in [2.75, 3.05) is 20.8 Å². The number of carboxylic acid groups (broad SMARTS) is 1. The number of fused-ring (bicyclic) bond motifs is 1. The molecule has 2 amide bonds. The quantitative estimate of drug-likeness (QED) is 0.432. The molecule has 0 bridgehead atoms. The Hall–Kier alpha value is -4.54. The van der Waals surface area contributed by atoms with E-state index in [1.54, 1.807) is 24.3 Å². The Kier molecular flexibility index (Phi) is 7.36. The number of nitrogens with one attached hydrogen (secondary N) is 1. The maximum atomic E-state index is 12.7. The van der Waals surface area contributed by atoms with Crippen molar-refractivity contribution in [2.24, 2.45) is 5.73 Å². The second kappa shape index (κ2) is 10.4. The lowest BCUT2D eigenvalue weighted by Gasteiger charge is -2.13. The minimum Gasteiger partial charge on any atom is -0.497 e. The van der Waals surface area contributed by atoms with Gasteiger partial charge in [-0.1, -0.05) is 0 Å². The molecule has 2 aromatic carbocycles. The summed E-state index contributed by atoms with van der Waals surface area (Å²) in [7, 11) is 3.03. The number of amides is 2. The Bertz CT molecular complexity index is 1170. The van der Waals surface area contributed by atoms with E-state index < -0.39 is 36.9 Å². The molecule has 11 nitrogen and oxygen atoms in total. The summed E-state index contributed by atoms with van der Waals surface area (Å²) < 4.78 is 21.5. The Morgan fingerprint density at radius 2 is 1.85 bits per heavy atom. The van der Waals surface area contributed by atoms with Crippen LogP contribution < -0.4 is 30.0 Å². The fourth-order valence-electron chi connectivity index (χ4n) is 3.12. The molecule has 0 radical (unpaired) electrons. The van der Waals surface area contributed by atoms with Gasteiger partial charge in [-0.05, 0) is 30.3 Å². The van der Waals surface area contributed by atoms with Gasteiger partial charge in [0.05, 0.1) is 26.2 Å². The maximum absolute atomic E-state index is 12.7. The molecule has 0 unspecified atom stereocenters. The van der Waals surface area contributed by atoms with E-state index in [1.165, 1.54) is 32.4 Å². The average molecular weight is 470 g/mol. The van der Waals surface area contributed by atoms with Gasteiger partial charge in [0.1, 0.15) is 29.0 Å². The van der Waals surface area contributed by atoms with Gasteiger partial charge in [0.25, 0.3) is 5.91 Å². The van der Waals surface area contributed by atoms with Crippen LogP contribution in [0.15, 0.2) is 42.2 Å². The number of benzene rings is 2. The van der Waals surface area contributed by atoms with Crippen LogP contribution in [0.25, 0.3) is 6.08 Å². The van der Waals surface area contributed by atoms with Crippen LogP contribution in [0.3, 0.4) is 0 Å². The molecular formula is C23H22N2O9. The molecule has 4 N–H and O–H groups in total. The summed E-state index contributed by atoms with van der Waals surface area (Å²) in [5.74, 6) is -1.77. The molecule has 1 atom stereocenters. The smallest absolute Gasteiger partial charge is 0.326 e. The van der Waals surface area contributed by atoms with Crippen LogP contribution in [-0.2, 0) is 14.4 Å².